The molecule has 2 aliphatic rings. The molecule has 1 saturated carbocycles. The number of thioether (sulfide) groups is 1. The van der Waals surface area contributed by atoms with E-state index in [9.17, 15) is 9.59 Å². The fourth-order valence-corrected chi connectivity index (χ4v) is 3.86. The van der Waals surface area contributed by atoms with Gasteiger partial charge in [-0.1, -0.05) is 25.0 Å². The molecule has 1 aromatic carbocycles. The number of carbonyl (C=O) groups excluding carboxylic acids is 2. The van der Waals surface area contributed by atoms with Crippen LogP contribution in [0.2, 0.25) is 0 Å². The van der Waals surface area contributed by atoms with E-state index in [4.69, 9.17) is 0 Å². The van der Waals surface area contributed by atoms with Crippen molar-refractivity contribution in [1.29, 1.82) is 0 Å². The van der Waals surface area contributed by atoms with Crippen molar-refractivity contribution in [3.63, 3.8) is 0 Å². The summed E-state index contributed by atoms with van der Waals surface area (Å²) in [5, 5.41) is 5.58. The summed E-state index contributed by atoms with van der Waals surface area (Å²) in [4.78, 5) is 25.1. The third-order valence-corrected chi connectivity index (χ3v) is 5.07. The van der Waals surface area contributed by atoms with Gasteiger partial charge in [-0.2, -0.15) is 0 Å². The molecule has 0 unspecified atom stereocenters. The molecule has 4 nitrogen and oxygen atoms in total. The zero-order valence-corrected chi connectivity index (χ0v) is 12.0. The summed E-state index contributed by atoms with van der Waals surface area (Å²) >= 11 is 1.48. The Hall–Kier alpha value is -1.49. The van der Waals surface area contributed by atoms with Crippen LogP contribution in [0, 0.1) is 0 Å². The first kappa shape index (κ1) is 13.5. The van der Waals surface area contributed by atoms with Gasteiger partial charge in [-0.3, -0.25) is 9.59 Å². The summed E-state index contributed by atoms with van der Waals surface area (Å²) in [6.07, 6.45) is 4.77. The highest BCUT2D eigenvalue weighted by molar-refractivity contribution is 8.01. The van der Waals surface area contributed by atoms with Gasteiger partial charge in [0.2, 0.25) is 11.8 Å². The Morgan fingerprint density at radius 2 is 2.05 bits per heavy atom. The van der Waals surface area contributed by atoms with Crippen LogP contribution in [0.25, 0.3) is 0 Å². The normalized spacial score (nSPS) is 22.2. The summed E-state index contributed by atoms with van der Waals surface area (Å²) in [6.45, 7) is 0. The summed E-state index contributed by atoms with van der Waals surface area (Å²) in [6, 6.07) is 8.01. The molecule has 2 amide bonds. The van der Waals surface area contributed by atoms with E-state index in [0.29, 0.717) is 6.04 Å². The minimum atomic E-state index is -0.327. The monoisotopic (exact) mass is 290 g/mol. The van der Waals surface area contributed by atoms with E-state index < -0.39 is 0 Å². The SMILES string of the molecule is O=C(C[C@@H]1Sc2ccccc2NC1=O)NC1CCCC1. The third kappa shape index (κ3) is 2.98. The van der Waals surface area contributed by atoms with E-state index in [2.05, 4.69) is 10.6 Å². The molecule has 106 valence electrons. The fraction of sp³-hybridized carbons (Fsp3) is 0.467. The number of hydrogen-bond acceptors (Lipinski definition) is 3. The average molecular weight is 290 g/mol. The van der Waals surface area contributed by atoms with Gasteiger partial charge in [-0.25, -0.2) is 0 Å². The molecule has 1 aliphatic heterocycles. The van der Waals surface area contributed by atoms with Crippen LogP contribution in [0.4, 0.5) is 5.69 Å². The van der Waals surface area contributed by atoms with Gasteiger partial charge in [0, 0.05) is 17.4 Å². The predicted molar refractivity (Wildman–Crippen MR) is 79.7 cm³/mol. The average Bonchev–Trinajstić information content (AvgIpc) is 2.92. The molecule has 2 N–H and O–H groups in total. The van der Waals surface area contributed by atoms with Gasteiger partial charge in [-0.15, -0.1) is 11.8 Å². The molecule has 1 aliphatic carbocycles. The van der Waals surface area contributed by atoms with E-state index in [0.717, 1.165) is 23.4 Å². The topological polar surface area (TPSA) is 58.2 Å². The Bertz CT molecular complexity index is 526. The van der Waals surface area contributed by atoms with E-state index in [-0.39, 0.29) is 23.5 Å². The molecule has 0 saturated heterocycles. The van der Waals surface area contributed by atoms with Crippen molar-refractivity contribution in [3.8, 4) is 0 Å². The number of fused-ring (bicyclic) bond motifs is 1. The Balaban J connectivity index is 1.60. The van der Waals surface area contributed by atoms with Crippen molar-refractivity contribution >= 4 is 29.3 Å². The van der Waals surface area contributed by atoms with Crippen LogP contribution in [0.15, 0.2) is 29.2 Å². The largest absolute Gasteiger partial charge is 0.353 e. The molecule has 0 aromatic heterocycles. The molecule has 1 atom stereocenters. The Labute approximate surface area is 122 Å². The van der Waals surface area contributed by atoms with Gasteiger partial charge in [0.05, 0.1) is 10.9 Å². The molecule has 3 rings (SSSR count). The molecule has 0 bridgehead atoms. The lowest BCUT2D eigenvalue weighted by atomic mass is 10.2. The van der Waals surface area contributed by atoms with Crippen molar-refractivity contribution in [2.75, 3.05) is 5.32 Å². The van der Waals surface area contributed by atoms with Crippen molar-refractivity contribution in [3.05, 3.63) is 24.3 Å². The second kappa shape index (κ2) is 5.87. The lowest BCUT2D eigenvalue weighted by Gasteiger charge is -2.24. The Kier molecular flexibility index (Phi) is 3.96. The number of para-hydroxylation sites is 1. The zero-order valence-electron chi connectivity index (χ0n) is 11.2. The van der Waals surface area contributed by atoms with Crippen LogP contribution in [-0.2, 0) is 9.59 Å². The van der Waals surface area contributed by atoms with Crippen molar-refractivity contribution in [1.82, 2.24) is 5.32 Å². The van der Waals surface area contributed by atoms with E-state index >= 15 is 0 Å². The van der Waals surface area contributed by atoms with Gasteiger partial charge in [0.25, 0.3) is 0 Å². The van der Waals surface area contributed by atoms with Crippen molar-refractivity contribution < 1.29 is 9.59 Å². The maximum absolute atomic E-state index is 12.0. The maximum atomic E-state index is 12.0. The molecule has 20 heavy (non-hydrogen) atoms. The standard InChI is InChI=1S/C15H18N2O2S/c18-14(16-10-5-1-2-6-10)9-13-15(19)17-11-7-3-4-8-12(11)20-13/h3-4,7-8,10,13H,1-2,5-6,9H2,(H,16,18)(H,17,19)/t13-/m0/s1. The van der Waals surface area contributed by atoms with Crippen molar-refractivity contribution in [2.45, 2.75) is 48.3 Å². The molecule has 1 fully saturated rings. The maximum Gasteiger partial charge on any atom is 0.238 e. The Morgan fingerprint density at radius 3 is 2.85 bits per heavy atom. The van der Waals surface area contributed by atoms with E-state index in [1.807, 2.05) is 24.3 Å². The predicted octanol–water partition coefficient (Wildman–Crippen LogP) is 2.55. The molecule has 1 heterocycles. The van der Waals surface area contributed by atoms with Gasteiger partial charge < -0.3 is 10.6 Å². The van der Waals surface area contributed by atoms with Crippen LogP contribution in [0.1, 0.15) is 32.1 Å². The number of nitrogens with one attached hydrogen (secondary N) is 2. The zero-order chi connectivity index (χ0) is 13.9. The van der Waals surface area contributed by atoms with E-state index in [1.165, 1.54) is 24.6 Å². The minimum absolute atomic E-state index is 0.0102. The lowest BCUT2D eigenvalue weighted by molar-refractivity contribution is -0.124. The first-order valence-corrected chi connectivity index (χ1v) is 7.96. The van der Waals surface area contributed by atoms with Crippen LogP contribution in [0.3, 0.4) is 0 Å². The number of hydrogen-bond donors (Lipinski definition) is 2. The van der Waals surface area contributed by atoms with Crippen LogP contribution in [0.5, 0.6) is 0 Å². The second-order valence-electron chi connectivity index (χ2n) is 5.34. The smallest absolute Gasteiger partial charge is 0.238 e. The molecule has 1 aromatic rings. The third-order valence-electron chi connectivity index (χ3n) is 3.80. The van der Waals surface area contributed by atoms with Gasteiger partial charge in [0.15, 0.2) is 0 Å². The van der Waals surface area contributed by atoms with Gasteiger partial charge in [-0.05, 0) is 25.0 Å². The van der Waals surface area contributed by atoms with Crippen molar-refractivity contribution in [2.24, 2.45) is 0 Å². The Morgan fingerprint density at radius 1 is 1.30 bits per heavy atom. The molecular formula is C15H18N2O2S. The number of anilines is 1. The van der Waals surface area contributed by atoms with E-state index in [1.54, 1.807) is 0 Å². The molecular weight excluding hydrogens is 272 g/mol. The molecule has 0 spiro atoms. The fourth-order valence-electron chi connectivity index (χ4n) is 2.75. The first-order valence-electron chi connectivity index (χ1n) is 7.08. The molecule has 5 heteroatoms. The van der Waals surface area contributed by atoms with Gasteiger partial charge >= 0.3 is 0 Å². The number of rotatable bonds is 3. The summed E-state index contributed by atoms with van der Waals surface area (Å²) in [5.41, 5.74) is 0.843. The number of benzene rings is 1. The first-order chi connectivity index (χ1) is 9.72. The minimum Gasteiger partial charge on any atom is -0.353 e. The second-order valence-corrected chi connectivity index (χ2v) is 6.59. The van der Waals surface area contributed by atoms with Crippen LogP contribution < -0.4 is 10.6 Å². The highest BCUT2D eigenvalue weighted by Gasteiger charge is 2.29. The lowest BCUT2D eigenvalue weighted by Crippen LogP contribution is -2.38. The number of carbonyl (C=O) groups is 2. The summed E-state index contributed by atoms with van der Waals surface area (Å²) in [7, 11) is 0. The van der Waals surface area contributed by atoms with Crippen LogP contribution >= 0.6 is 11.8 Å². The quantitative estimate of drug-likeness (QED) is 0.899. The molecule has 0 radical (unpaired) electrons. The summed E-state index contributed by atoms with van der Waals surface area (Å²) in [5.74, 6) is -0.0841. The highest BCUT2D eigenvalue weighted by atomic mass is 32.2. The summed E-state index contributed by atoms with van der Waals surface area (Å²) < 4.78 is 0. The van der Waals surface area contributed by atoms with Crippen LogP contribution in [-0.4, -0.2) is 23.1 Å². The van der Waals surface area contributed by atoms with Gasteiger partial charge in [0.1, 0.15) is 0 Å². The number of amides is 2. The highest BCUT2D eigenvalue weighted by Crippen LogP contribution is 2.36.